The van der Waals surface area contributed by atoms with Crippen molar-refractivity contribution in [3.05, 3.63) is 95.9 Å². The molecule has 7 heteroatoms. The van der Waals surface area contributed by atoms with E-state index < -0.39 is 9.84 Å². The molecule has 0 atom stereocenters. The van der Waals surface area contributed by atoms with Crippen LogP contribution in [0, 0.1) is 0 Å². The molecule has 0 bridgehead atoms. The van der Waals surface area contributed by atoms with Gasteiger partial charge in [-0.25, -0.2) is 8.42 Å². The predicted octanol–water partition coefficient (Wildman–Crippen LogP) is 3.51. The number of carbonyl (C=O) groups is 1. The second kappa shape index (κ2) is 8.51. The van der Waals surface area contributed by atoms with Crippen molar-refractivity contribution in [3.8, 4) is 0 Å². The number of hydrogen-bond acceptors (Lipinski definition) is 4. The van der Waals surface area contributed by atoms with E-state index in [1.54, 1.807) is 48.8 Å². The number of hydrogen-bond donors (Lipinski definition) is 2. The zero-order valence-electron chi connectivity index (χ0n) is 16.2. The van der Waals surface area contributed by atoms with Crippen molar-refractivity contribution in [2.45, 2.75) is 17.9 Å². The van der Waals surface area contributed by atoms with Gasteiger partial charge >= 0.3 is 0 Å². The van der Waals surface area contributed by atoms with Crippen molar-refractivity contribution in [3.63, 3.8) is 0 Å². The molecule has 0 saturated heterocycles. The highest BCUT2D eigenvalue weighted by Crippen LogP contribution is 2.15. The van der Waals surface area contributed by atoms with E-state index in [4.69, 9.17) is 0 Å². The van der Waals surface area contributed by atoms with Crippen LogP contribution in [0.3, 0.4) is 0 Å². The molecule has 1 amide bonds. The Morgan fingerprint density at radius 2 is 1.70 bits per heavy atom. The molecule has 0 aliphatic rings. The van der Waals surface area contributed by atoms with Crippen LogP contribution in [0.25, 0.3) is 10.9 Å². The van der Waals surface area contributed by atoms with E-state index in [-0.39, 0.29) is 11.7 Å². The molecule has 4 aromatic rings. The van der Waals surface area contributed by atoms with Gasteiger partial charge in [-0.3, -0.25) is 9.78 Å². The summed E-state index contributed by atoms with van der Waals surface area (Å²) in [5.41, 5.74) is 3.23. The Labute approximate surface area is 174 Å². The molecule has 152 valence electrons. The number of amides is 1. The summed E-state index contributed by atoms with van der Waals surface area (Å²) in [6.07, 6.45) is 3.82. The normalized spacial score (nSPS) is 11.5. The Balaban J connectivity index is 1.33. The van der Waals surface area contributed by atoms with Crippen LogP contribution in [-0.4, -0.2) is 30.0 Å². The highest BCUT2D eigenvalue weighted by Gasteiger charge is 2.14. The third kappa shape index (κ3) is 4.58. The van der Waals surface area contributed by atoms with Crippen LogP contribution in [0.1, 0.15) is 21.6 Å². The summed E-state index contributed by atoms with van der Waals surface area (Å²) in [4.78, 5) is 19.8. The van der Waals surface area contributed by atoms with Gasteiger partial charge in [0.25, 0.3) is 5.91 Å². The van der Waals surface area contributed by atoms with Crippen molar-refractivity contribution in [2.75, 3.05) is 5.75 Å². The van der Waals surface area contributed by atoms with Crippen molar-refractivity contribution in [1.29, 1.82) is 0 Å². The number of pyridine rings is 1. The van der Waals surface area contributed by atoms with Gasteiger partial charge in [-0.2, -0.15) is 0 Å². The van der Waals surface area contributed by atoms with Crippen LogP contribution >= 0.6 is 0 Å². The maximum absolute atomic E-state index is 12.4. The minimum Gasteiger partial charge on any atom is -0.350 e. The summed E-state index contributed by atoms with van der Waals surface area (Å²) >= 11 is 0. The second-order valence-electron chi connectivity index (χ2n) is 7.03. The van der Waals surface area contributed by atoms with Crippen molar-refractivity contribution >= 4 is 26.6 Å². The molecule has 30 heavy (non-hydrogen) atoms. The molecule has 0 fully saturated rings. The highest BCUT2D eigenvalue weighted by molar-refractivity contribution is 7.91. The average molecular weight is 420 g/mol. The second-order valence-corrected chi connectivity index (χ2v) is 9.14. The van der Waals surface area contributed by atoms with Crippen LogP contribution in [0.4, 0.5) is 0 Å². The standard InChI is InChI=1S/C23H21N3O3S/c27-23(22-14-19-16-24-12-10-21(19)26-22)25-15-18-8-6-17(7-9-18)11-13-30(28,29)20-4-2-1-3-5-20/h1-10,12,14,16,26H,11,13,15H2,(H,25,27). The number of fused-ring (bicyclic) bond motifs is 1. The number of benzene rings is 2. The average Bonchev–Trinajstić information content (AvgIpc) is 3.22. The van der Waals surface area contributed by atoms with Crippen molar-refractivity contribution < 1.29 is 13.2 Å². The number of sulfone groups is 1. The molecule has 6 nitrogen and oxygen atoms in total. The number of nitrogens with zero attached hydrogens (tertiary/aromatic N) is 1. The van der Waals surface area contributed by atoms with Gasteiger partial charge in [0.1, 0.15) is 5.69 Å². The number of rotatable bonds is 7. The van der Waals surface area contributed by atoms with E-state index >= 15 is 0 Å². The molecule has 2 aromatic heterocycles. The Bertz CT molecular complexity index is 1230. The summed E-state index contributed by atoms with van der Waals surface area (Å²) in [6, 6.07) is 19.7. The minimum atomic E-state index is -3.30. The van der Waals surface area contributed by atoms with Crippen LogP contribution in [0.2, 0.25) is 0 Å². The van der Waals surface area contributed by atoms with Gasteiger partial charge in [-0.15, -0.1) is 0 Å². The lowest BCUT2D eigenvalue weighted by atomic mass is 10.1. The predicted molar refractivity (Wildman–Crippen MR) is 116 cm³/mol. The fourth-order valence-electron chi connectivity index (χ4n) is 3.19. The first-order chi connectivity index (χ1) is 14.5. The molecule has 0 saturated carbocycles. The Morgan fingerprint density at radius 3 is 2.43 bits per heavy atom. The van der Waals surface area contributed by atoms with Crippen LogP contribution in [0.15, 0.2) is 84.0 Å². The molecule has 2 aromatic carbocycles. The zero-order valence-corrected chi connectivity index (χ0v) is 17.0. The first kappa shape index (κ1) is 19.8. The van der Waals surface area contributed by atoms with Gasteiger partial charge < -0.3 is 10.3 Å². The molecule has 0 aliphatic carbocycles. The molecule has 0 spiro atoms. The number of aromatic nitrogens is 2. The highest BCUT2D eigenvalue weighted by atomic mass is 32.2. The summed E-state index contributed by atoms with van der Waals surface area (Å²) in [7, 11) is -3.30. The number of carbonyl (C=O) groups excluding carboxylic acids is 1. The van der Waals surface area contributed by atoms with Gasteiger partial charge in [0, 0.05) is 29.8 Å². The first-order valence-electron chi connectivity index (χ1n) is 9.58. The molecular formula is C23H21N3O3S. The molecule has 4 rings (SSSR count). The maximum atomic E-state index is 12.4. The fraction of sp³-hybridized carbons (Fsp3) is 0.130. The van der Waals surface area contributed by atoms with Gasteiger partial charge in [0.05, 0.1) is 10.6 Å². The maximum Gasteiger partial charge on any atom is 0.267 e. The van der Waals surface area contributed by atoms with Crippen LogP contribution < -0.4 is 5.32 Å². The topological polar surface area (TPSA) is 91.9 Å². The largest absolute Gasteiger partial charge is 0.350 e. The summed E-state index contributed by atoms with van der Waals surface area (Å²) < 4.78 is 24.8. The third-order valence-electron chi connectivity index (χ3n) is 4.90. The number of aryl methyl sites for hydroxylation is 1. The first-order valence-corrected chi connectivity index (χ1v) is 11.2. The van der Waals surface area contributed by atoms with E-state index in [9.17, 15) is 13.2 Å². The number of aromatic amines is 1. The van der Waals surface area contributed by atoms with E-state index in [0.717, 1.165) is 22.0 Å². The van der Waals surface area contributed by atoms with Gasteiger partial charge in [-0.1, -0.05) is 42.5 Å². The molecular weight excluding hydrogens is 398 g/mol. The summed E-state index contributed by atoms with van der Waals surface area (Å²) in [5.74, 6) is -0.133. The Morgan fingerprint density at radius 1 is 0.967 bits per heavy atom. The molecule has 0 radical (unpaired) electrons. The Hall–Kier alpha value is -3.45. The lowest BCUT2D eigenvalue weighted by molar-refractivity contribution is 0.0946. The lowest BCUT2D eigenvalue weighted by Gasteiger charge is -2.07. The number of H-pyrrole nitrogens is 1. The lowest BCUT2D eigenvalue weighted by Crippen LogP contribution is -2.23. The monoisotopic (exact) mass is 419 g/mol. The molecule has 0 aliphatic heterocycles. The van der Waals surface area contributed by atoms with Crippen LogP contribution in [0.5, 0.6) is 0 Å². The van der Waals surface area contributed by atoms with E-state index in [2.05, 4.69) is 15.3 Å². The van der Waals surface area contributed by atoms with Gasteiger partial charge in [0.2, 0.25) is 0 Å². The fourth-order valence-corrected chi connectivity index (χ4v) is 4.51. The summed E-state index contributed by atoms with van der Waals surface area (Å²) in [6.45, 7) is 0.384. The molecule has 2 N–H and O–H groups in total. The molecule has 2 heterocycles. The molecule has 0 unspecified atom stereocenters. The van der Waals surface area contributed by atoms with Crippen molar-refractivity contribution in [1.82, 2.24) is 15.3 Å². The zero-order chi connectivity index (χ0) is 21.0. The minimum absolute atomic E-state index is 0.0579. The van der Waals surface area contributed by atoms with E-state index in [1.807, 2.05) is 30.3 Å². The van der Waals surface area contributed by atoms with Crippen LogP contribution in [-0.2, 0) is 22.8 Å². The van der Waals surface area contributed by atoms with Gasteiger partial charge in [0.15, 0.2) is 9.84 Å². The third-order valence-corrected chi connectivity index (χ3v) is 6.64. The quantitative estimate of drug-likeness (QED) is 0.480. The Kier molecular flexibility index (Phi) is 5.63. The van der Waals surface area contributed by atoms with E-state index in [0.29, 0.717) is 23.6 Å². The summed E-state index contributed by atoms with van der Waals surface area (Å²) in [5, 5.41) is 3.77. The SMILES string of the molecule is O=C(NCc1ccc(CCS(=O)(=O)c2ccccc2)cc1)c1cc2cnccc2[nH]1. The van der Waals surface area contributed by atoms with Gasteiger partial charge in [-0.05, 0) is 41.8 Å². The van der Waals surface area contributed by atoms with Crippen molar-refractivity contribution in [2.24, 2.45) is 0 Å². The van der Waals surface area contributed by atoms with E-state index in [1.165, 1.54) is 0 Å². The number of nitrogens with one attached hydrogen (secondary N) is 2. The smallest absolute Gasteiger partial charge is 0.267 e.